The topological polar surface area (TPSA) is 49.4 Å². The van der Waals surface area contributed by atoms with Crippen molar-refractivity contribution < 1.29 is 8.42 Å². The molecule has 1 N–H and O–H groups in total. The molecule has 2 fully saturated rings. The van der Waals surface area contributed by atoms with Crippen molar-refractivity contribution in [3.05, 3.63) is 35.9 Å². The van der Waals surface area contributed by atoms with E-state index in [-0.39, 0.29) is 12.1 Å². The molecule has 2 aliphatic rings. The lowest BCUT2D eigenvalue weighted by atomic mass is 10.0. The van der Waals surface area contributed by atoms with Gasteiger partial charge in [0.25, 0.3) is 10.2 Å². The van der Waals surface area contributed by atoms with Gasteiger partial charge in [0, 0.05) is 12.6 Å². The average molecular weight is 308 g/mol. The first-order valence-electron chi connectivity index (χ1n) is 7.92. The fraction of sp³-hybridized carbons (Fsp3) is 0.625. The lowest BCUT2D eigenvalue weighted by molar-refractivity contribution is 0.263. The summed E-state index contributed by atoms with van der Waals surface area (Å²) in [6, 6.07) is 9.98. The Labute approximate surface area is 127 Å². The van der Waals surface area contributed by atoms with Crippen molar-refractivity contribution >= 4 is 10.2 Å². The van der Waals surface area contributed by atoms with Crippen molar-refractivity contribution in [2.24, 2.45) is 5.92 Å². The summed E-state index contributed by atoms with van der Waals surface area (Å²) in [5, 5.41) is 0. The molecule has 21 heavy (non-hydrogen) atoms. The van der Waals surface area contributed by atoms with Gasteiger partial charge < -0.3 is 0 Å². The maximum absolute atomic E-state index is 12.7. The minimum atomic E-state index is -3.40. The highest BCUT2D eigenvalue weighted by Gasteiger charge is 2.38. The van der Waals surface area contributed by atoms with Crippen LogP contribution >= 0.6 is 0 Å². The molecular weight excluding hydrogens is 284 g/mol. The van der Waals surface area contributed by atoms with E-state index >= 15 is 0 Å². The van der Waals surface area contributed by atoms with Crippen LogP contribution in [0.5, 0.6) is 0 Å². The van der Waals surface area contributed by atoms with E-state index in [2.05, 4.69) is 4.72 Å². The third kappa shape index (κ3) is 3.47. The van der Waals surface area contributed by atoms with Crippen LogP contribution in [0.1, 0.15) is 50.6 Å². The Morgan fingerprint density at radius 2 is 1.86 bits per heavy atom. The highest BCUT2D eigenvalue weighted by atomic mass is 32.2. The number of nitrogens with zero attached hydrogens (tertiary/aromatic N) is 1. The zero-order valence-corrected chi connectivity index (χ0v) is 13.3. The van der Waals surface area contributed by atoms with Crippen molar-refractivity contribution in [3.8, 4) is 0 Å². The van der Waals surface area contributed by atoms with Gasteiger partial charge in [0.05, 0.1) is 6.04 Å². The van der Waals surface area contributed by atoms with Gasteiger partial charge in [-0.1, -0.05) is 36.8 Å². The Balaban J connectivity index is 1.79. The van der Waals surface area contributed by atoms with Gasteiger partial charge in [-0.3, -0.25) is 0 Å². The Morgan fingerprint density at radius 1 is 1.14 bits per heavy atom. The molecule has 1 aromatic carbocycles. The summed E-state index contributed by atoms with van der Waals surface area (Å²) >= 11 is 0. The van der Waals surface area contributed by atoms with Crippen LogP contribution in [-0.4, -0.2) is 25.3 Å². The lowest BCUT2D eigenvalue weighted by Gasteiger charge is -2.33. The zero-order valence-electron chi connectivity index (χ0n) is 12.5. The zero-order chi connectivity index (χ0) is 14.9. The summed E-state index contributed by atoms with van der Waals surface area (Å²) in [5.41, 5.74) is 1.08. The molecule has 1 aliphatic carbocycles. The molecule has 4 nitrogen and oxygen atoms in total. The molecule has 1 aromatic rings. The molecule has 1 heterocycles. The van der Waals surface area contributed by atoms with E-state index in [9.17, 15) is 8.42 Å². The maximum Gasteiger partial charge on any atom is 0.280 e. The number of nitrogens with one attached hydrogen (secondary N) is 1. The quantitative estimate of drug-likeness (QED) is 0.909. The summed E-state index contributed by atoms with van der Waals surface area (Å²) in [7, 11) is -3.40. The third-order valence-electron chi connectivity index (χ3n) is 4.58. The fourth-order valence-electron chi connectivity index (χ4n) is 3.18. The largest absolute Gasteiger partial charge is 0.280 e. The van der Waals surface area contributed by atoms with Crippen LogP contribution in [0, 0.1) is 5.92 Å². The van der Waals surface area contributed by atoms with Crippen molar-refractivity contribution in [1.29, 1.82) is 0 Å². The SMILES string of the molecule is C[C@H]1CCCCN1S(=O)(=O)N[C@@H](c1ccccc1)C1CC1. The number of rotatable bonds is 5. The molecule has 1 saturated heterocycles. The number of hydrogen-bond donors (Lipinski definition) is 1. The number of piperidine rings is 1. The van der Waals surface area contributed by atoms with Gasteiger partial charge in [0.1, 0.15) is 0 Å². The first-order valence-corrected chi connectivity index (χ1v) is 9.36. The van der Waals surface area contributed by atoms with Crippen LogP contribution in [0.15, 0.2) is 30.3 Å². The summed E-state index contributed by atoms with van der Waals surface area (Å²) in [5.74, 6) is 0.447. The molecule has 1 aliphatic heterocycles. The fourth-order valence-corrected chi connectivity index (χ4v) is 4.92. The van der Waals surface area contributed by atoms with Crippen LogP contribution in [0.2, 0.25) is 0 Å². The van der Waals surface area contributed by atoms with Crippen molar-refractivity contribution in [3.63, 3.8) is 0 Å². The minimum Gasteiger partial charge on any atom is -0.195 e. The van der Waals surface area contributed by atoms with E-state index in [0.717, 1.165) is 37.7 Å². The van der Waals surface area contributed by atoms with Gasteiger partial charge in [0.15, 0.2) is 0 Å². The highest BCUT2D eigenvalue weighted by molar-refractivity contribution is 7.87. The van der Waals surface area contributed by atoms with E-state index < -0.39 is 10.2 Å². The molecule has 0 radical (unpaired) electrons. The van der Waals surface area contributed by atoms with E-state index in [4.69, 9.17) is 0 Å². The monoisotopic (exact) mass is 308 g/mol. The van der Waals surface area contributed by atoms with E-state index in [0.29, 0.717) is 12.5 Å². The Hall–Kier alpha value is -0.910. The van der Waals surface area contributed by atoms with E-state index in [1.165, 1.54) is 0 Å². The van der Waals surface area contributed by atoms with Crippen molar-refractivity contribution in [2.45, 2.75) is 51.1 Å². The first-order chi connectivity index (χ1) is 10.1. The molecule has 0 amide bonds. The third-order valence-corrected chi connectivity index (χ3v) is 6.29. The molecule has 5 heteroatoms. The predicted octanol–water partition coefficient (Wildman–Crippen LogP) is 2.85. The second-order valence-electron chi connectivity index (χ2n) is 6.30. The predicted molar refractivity (Wildman–Crippen MR) is 84.0 cm³/mol. The smallest absolute Gasteiger partial charge is 0.195 e. The molecular formula is C16H24N2O2S. The molecule has 0 unspecified atom stereocenters. The summed E-state index contributed by atoms with van der Waals surface area (Å²) in [6.07, 6.45) is 5.26. The average Bonchev–Trinajstić information content (AvgIpc) is 3.31. The van der Waals surface area contributed by atoms with Crippen LogP contribution in [0.4, 0.5) is 0 Å². The van der Waals surface area contributed by atoms with E-state index in [1.54, 1.807) is 4.31 Å². The van der Waals surface area contributed by atoms with E-state index in [1.807, 2.05) is 37.3 Å². The summed E-state index contributed by atoms with van der Waals surface area (Å²) < 4.78 is 30.1. The molecule has 3 rings (SSSR count). The molecule has 2 atom stereocenters. The van der Waals surface area contributed by atoms with Crippen molar-refractivity contribution in [2.75, 3.05) is 6.54 Å². The normalized spacial score (nSPS) is 25.7. The standard InChI is InChI=1S/C16H24N2O2S/c1-13-7-5-6-12-18(13)21(19,20)17-16(15-10-11-15)14-8-3-2-4-9-14/h2-4,8-9,13,15-17H,5-7,10-12H2,1H3/t13-,16-/m0/s1. The minimum absolute atomic E-state index is 0.0784. The highest BCUT2D eigenvalue weighted by Crippen LogP contribution is 2.41. The molecule has 1 saturated carbocycles. The summed E-state index contributed by atoms with van der Waals surface area (Å²) in [4.78, 5) is 0. The second-order valence-corrected chi connectivity index (χ2v) is 7.96. The summed E-state index contributed by atoms with van der Waals surface area (Å²) in [6.45, 7) is 2.65. The Kier molecular flexibility index (Phi) is 4.33. The van der Waals surface area contributed by atoms with Crippen LogP contribution in [-0.2, 0) is 10.2 Å². The molecule has 116 valence electrons. The van der Waals surface area contributed by atoms with Gasteiger partial charge in [-0.05, 0) is 44.1 Å². The van der Waals surface area contributed by atoms with Gasteiger partial charge >= 0.3 is 0 Å². The lowest BCUT2D eigenvalue weighted by Crippen LogP contribution is -2.49. The maximum atomic E-state index is 12.7. The van der Waals surface area contributed by atoms with Gasteiger partial charge in [0.2, 0.25) is 0 Å². The first kappa shape index (κ1) is 15.0. The van der Waals surface area contributed by atoms with Gasteiger partial charge in [-0.25, -0.2) is 0 Å². The van der Waals surface area contributed by atoms with Crippen molar-refractivity contribution in [1.82, 2.24) is 9.03 Å². The van der Waals surface area contributed by atoms with Crippen LogP contribution in [0.3, 0.4) is 0 Å². The number of benzene rings is 1. The van der Waals surface area contributed by atoms with Crippen LogP contribution < -0.4 is 4.72 Å². The Bertz CT molecular complexity index is 569. The second kappa shape index (κ2) is 6.07. The Morgan fingerprint density at radius 3 is 2.48 bits per heavy atom. The van der Waals surface area contributed by atoms with Gasteiger partial charge in [-0.15, -0.1) is 0 Å². The van der Waals surface area contributed by atoms with Crippen LogP contribution in [0.25, 0.3) is 0 Å². The van der Waals surface area contributed by atoms with Gasteiger partial charge in [-0.2, -0.15) is 17.4 Å². The molecule has 0 bridgehead atoms. The molecule has 0 spiro atoms. The number of hydrogen-bond acceptors (Lipinski definition) is 2. The molecule has 0 aromatic heterocycles.